The van der Waals surface area contributed by atoms with Crippen LogP contribution >= 0.6 is 0 Å². The Labute approximate surface area is 195 Å². The van der Waals surface area contributed by atoms with Crippen LogP contribution < -0.4 is 19.1 Å². The van der Waals surface area contributed by atoms with Gasteiger partial charge >= 0.3 is 0 Å². The summed E-state index contributed by atoms with van der Waals surface area (Å²) in [7, 11) is 4.88. The zero-order valence-electron chi connectivity index (χ0n) is 19.4. The molecule has 1 N–H and O–H groups in total. The molecule has 4 rings (SSSR count). The average molecular weight is 450 g/mol. The highest BCUT2D eigenvalue weighted by molar-refractivity contribution is 5.57. The number of hydrogen-bond acceptors (Lipinski definition) is 7. The summed E-state index contributed by atoms with van der Waals surface area (Å²) in [5, 5.41) is 11.0. The van der Waals surface area contributed by atoms with Crippen LogP contribution in [0.15, 0.2) is 60.8 Å². The molecule has 7 nitrogen and oxygen atoms in total. The third-order valence-electron chi connectivity index (χ3n) is 6.04. The van der Waals surface area contributed by atoms with Gasteiger partial charge in [0.2, 0.25) is 5.75 Å². The number of hydrogen-bond donors (Lipinski definition) is 1. The van der Waals surface area contributed by atoms with E-state index in [4.69, 9.17) is 14.2 Å². The number of pyridine rings is 1. The minimum absolute atomic E-state index is 0.608. The number of ether oxygens (including phenoxy) is 3. The third-order valence-corrected chi connectivity index (χ3v) is 6.04. The predicted molar refractivity (Wildman–Crippen MR) is 128 cm³/mol. The van der Waals surface area contributed by atoms with Gasteiger partial charge in [-0.25, -0.2) is 0 Å². The van der Waals surface area contributed by atoms with E-state index in [1.54, 1.807) is 27.5 Å². The lowest BCUT2D eigenvalue weighted by Crippen LogP contribution is -2.46. The van der Waals surface area contributed by atoms with Crippen molar-refractivity contribution in [2.45, 2.75) is 12.6 Å². The molecule has 33 heavy (non-hydrogen) atoms. The van der Waals surface area contributed by atoms with Crippen LogP contribution in [0.5, 0.6) is 17.2 Å². The van der Waals surface area contributed by atoms with Crippen LogP contribution in [-0.2, 0) is 6.54 Å². The number of nitrogens with zero attached hydrogens (tertiary/aromatic N) is 3. The minimum atomic E-state index is -0.750. The van der Waals surface area contributed by atoms with Crippen molar-refractivity contribution in [2.75, 3.05) is 52.4 Å². The molecule has 0 radical (unpaired) electrons. The topological polar surface area (TPSA) is 67.3 Å². The van der Waals surface area contributed by atoms with Crippen molar-refractivity contribution in [3.8, 4) is 17.2 Å². The maximum Gasteiger partial charge on any atom is 0.203 e. The molecule has 1 fully saturated rings. The van der Waals surface area contributed by atoms with E-state index in [1.165, 1.54) is 0 Å². The molecule has 2 aromatic carbocycles. The number of para-hydroxylation sites is 1. The van der Waals surface area contributed by atoms with Gasteiger partial charge in [0.15, 0.2) is 11.5 Å². The molecular formula is C26H31N3O4. The first-order chi connectivity index (χ1) is 16.1. The van der Waals surface area contributed by atoms with Crippen LogP contribution in [0.1, 0.15) is 22.9 Å². The summed E-state index contributed by atoms with van der Waals surface area (Å²) in [6.07, 6.45) is 0.961. The van der Waals surface area contributed by atoms with Crippen molar-refractivity contribution < 1.29 is 19.3 Å². The van der Waals surface area contributed by atoms with Gasteiger partial charge in [-0.05, 0) is 35.9 Å². The average Bonchev–Trinajstić information content (AvgIpc) is 2.88. The van der Waals surface area contributed by atoms with Gasteiger partial charge in [0.05, 0.1) is 27.0 Å². The molecule has 174 valence electrons. The number of aliphatic hydroxyl groups excluding tert-OH is 1. The quantitative estimate of drug-likeness (QED) is 0.564. The van der Waals surface area contributed by atoms with E-state index in [0.717, 1.165) is 49.5 Å². The van der Waals surface area contributed by atoms with Crippen LogP contribution in [0.4, 0.5) is 5.69 Å². The Morgan fingerprint density at radius 3 is 2.15 bits per heavy atom. The van der Waals surface area contributed by atoms with Gasteiger partial charge in [-0.2, -0.15) is 0 Å². The van der Waals surface area contributed by atoms with Crippen molar-refractivity contribution in [2.24, 2.45) is 0 Å². The lowest BCUT2D eigenvalue weighted by molar-refractivity contribution is 0.214. The number of anilines is 1. The van der Waals surface area contributed by atoms with Crippen LogP contribution in [0, 0.1) is 0 Å². The molecule has 1 aromatic heterocycles. The molecule has 0 bridgehead atoms. The van der Waals surface area contributed by atoms with E-state index in [-0.39, 0.29) is 0 Å². The number of methoxy groups -OCH3 is 3. The second kappa shape index (κ2) is 10.6. The zero-order chi connectivity index (χ0) is 23.2. The fourth-order valence-corrected chi connectivity index (χ4v) is 4.34. The van der Waals surface area contributed by atoms with Crippen LogP contribution in [0.25, 0.3) is 0 Å². The molecule has 2 heterocycles. The van der Waals surface area contributed by atoms with E-state index < -0.39 is 6.10 Å². The first kappa shape index (κ1) is 22.9. The molecule has 1 saturated heterocycles. The van der Waals surface area contributed by atoms with Crippen LogP contribution in [-0.4, -0.2) is 62.5 Å². The summed E-state index contributed by atoms with van der Waals surface area (Å²) in [6.45, 7) is 4.35. The molecule has 7 heteroatoms. The summed E-state index contributed by atoms with van der Waals surface area (Å²) < 4.78 is 16.4. The highest BCUT2D eigenvalue weighted by Gasteiger charge is 2.23. The van der Waals surface area contributed by atoms with E-state index in [0.29, 0.717) is 22.9 Å². The Hall–Kier alpha value is -3.29. The second-order valence-corrected chi connectivity index (χ2v) is 8.01. The van der Waals surface area contributed by atoms with Gasteiger partial charge in [0.1, 0.15) is 6.10 Å². The molecule has 0 saturated carbocycles. The molecule has 0 amide bonds. The maximum atomic E-state index is 11.0. The first-order valence-corrected chi connectivity index (χ1v) is 11.1. The summed E-state index contributed by atoms with van der Waals surface area (Å²) in [5.74, 6) is 1.95. The smallest absolute Gasteiger partial charge is 0.203 e. The number of aliphatic hydroxyl groups is 1. The van der Waals surface area contributed by atoms with E-state index in [9.17, 15) is 5.11 Å². The van der Waals surface area contributed by atoms with Gasteiger partial charge < -0.3 is 24.2 Å². The minimum Gasteiger partial charge on any atom is -0.493 e. The van der Waals surface area contributed by atoms with Crippen molar-refractivity contribution >= 4 is 5.69 Å². The monoisotopic (exact) mass is 449 g/mol. The highest BCUT2D eigenvalue weighted by Crippen LogP contribution is 2.38. The normalized spacial score (nSPS) is 15.2. The lowest BCUT2D eigenvalue weighted by Gasteiger charge is -2.37. The summed E-state index contributed by atoms with van der Waals surface area (Å²) in [6, 6.07) is 17.7. The van der Waals surface area contributed by atoms with Gasteiger partial charge in [0.25, 0.3) is 0 Å². The molecule has 0 spiro atoms. The zero-order valence-corrected chi connectivity index (χ0v) is 19.4. The standard InChI is InChI=1S/C26H31N3O4/c1-31-23-16-19(17-24(32-2)26(23)33-3)18-28-12-14-29(15-13-28)22-10-5-4-8-20(22)25(30)21-9-6-7-11-27-21/h4-11,16-17,25,30H,12-15,18H2,1-3H3. The molecule has 1 aliphatic heterocycles. The molecule has 1 aliphatic rings. The van der Waals surface area contributed by atoms with Gasteiger partial charge in [-0.15, -0.1) is 0 Å². The fraction of sp³-hybridized carbons (Fsp3) is 0.346. The van der Waals surface area contributed by atoms with Crippen molar-refractivity contribution in [3.63, 3.8) is 0 Å². The Bertz CT molecular complexity index is 1030. The number of rotatable bonds is 8. The third kappa shape index (κ3) is 5.05. The SMILES string of the molecule is COc1cc(CN2CCN(c3ccccc3C(O)c3ccccn3)CC2)cc(OC)c1OC. The molecule has 0 aliphatic carbocycles. The van der Waals surface area contributed by atoms with Gasteiger partial charge in [0, 0.05) is 50.2 Å². The molecular weight excluding hydrogens is 418 g/mol. The molecule has 1 atom stereocenters. The summed E-state index contributed by atoms with van der Waals surface area (Å²) in [4.78, 5) is 9.09. The number of piperazine rings is 1. The Morgan fingerprint density at radius 2 is 1.55 bits per heavy atom. The van der Waals surface area contributed by atoms with E-state index >= 15 is 0 Å². The van der Waals surface area contributed by atoms with Crippen molar-refractivity contribution in [3.05, 3.63) is 77.6 Å². The Balaban J connectivity index is 1.45. The number of aromatic nitrogens is 1. The predicted octanol–water partition coefficient (Wildman–Crippen LogP) is 3.51. The largest absolute Gasteiger partial charge is 0.493 e. The second-order valence-electron chi connectivity index (χ2n) is 8.01. The Morgan fingerprint density at radius 1 is 0.879 bits per heavy atom. The van der Waals surface area contributed by atoms with Gasteiger partial charge in [-0.1, -0.05) is 24.3 Å². The molecule has 1 unspecified atom stereocenters. The van der Waals surface area contributed by atoms with Crippen molar-refractivity contribution in [1.29, 1.82) is 0 Å². The number of benzene rings is 2. The summed E-state index contributed by atoms with van der Waals surface area (Å²) in [5.41, 5.74) is 3.72. The summed E-state index contributed by atoms with van der Waals surface area (Å²) >= 11 is 0. The van der Waals surface area contributed by atoms with Crippen molar-refractivity contribution in [1.82, 2.24) is 9.88 Å². The first-order valence-electron chi connectivity index (χ1n) is 11.1. The Kier molecular flexibility index (Phi) is 7.32. The van der Waals surface area contributed by atoms with Crippen LogP contribution in [0.2, 0.25) is 0 Å². The highest BCUT2D eigenvalue weighted by atomic mass is 16.5. The van der Waals surface area contributed by atoms with Crippen LogP contribution in [0.3, 0.4) is 0 Å². The lowest BCUT2D eigenvalue weighted by atomic mass is 10.0. The maximum absolute atomic E-state index is 11.0. The van der Waals surface area contributed by atoms with Gasteiger partial charge in [-0.3, -0.25) is 9.88 Å². The fourth-order valence-electron chi connectivity index (χ4n) is 4.34. The van der Waals surface area contributed by atoms with E-state index in [1.807, 2.05) is 48.5 Å². The van der Waals surface area contributed by atoms with E-state index in [2.05, 4.69) is 20.9 Å². The molecule has 3 aromatic rings.